The van der Waals surface area contributed by atoms with Gasteiger partial charge in [0.2, 0.25) is 11.8 Å². The minimum atomic E-state index is -0.395. The Labute approximate surface area is 156 Å². The predicted molar refractivity (Wildman–Crippen MR) is 93.0 cm³/mol. The van der Waals surface area contributed by atoms with Gasteiger partial charge < -0.3 is 24.3 Å². The molecule has 0 aromatic carbocycles. The quantitative estimate of drug-likeness (QED) is 0.715. The lowest BCUT2D eigenvalue weighted by Gasteiger charge is -2.21. The molecule has 0 spiro atoms. The number of methoxy groups -OCH3 is 1. The second-order valence-electron chi connectivity index (χ2n) is 6.30. The van der Waals surface area contributed by atoms with Gasteiger partial charge in [-0.15, -0.1) is 0 Å². The molecule has 2 N–H and O–H groups in total. The number of hydrogen-bond donors (Lipinski definition) is 2. The predicted octanol–water partition coefficient (Wildman–Crippen LogP) is 0.489. The zero-order valence-corrected chi connectivity index (χ0v) is 15.5. The first-order valence-corrected chi connectivity index (χ1v) is 8.75. The van der Waals surface area contributed by atoms with Gasteiger partial charge in [0.25, 0.3) is 11.9 Å². The molecule has 3 heterocycles. The third-order valence-electron chi connectivity index (χ3n) is 4.31. The van der Waals surface area contributed by atoms with Crippen LogP contribution in [0.5, 0.6) is 5.95 Å². The topological polar surface area (TPSA) is 123 Å². The summed E-state index contributed by atoms with van der Waals surface area (Å²) < 4.78 is 15.4. The third kappa shape index (κ3) is 4.45. The molecule has 0 radical (unpaired) electrons. The van der Waals surface area contributed by atoms with Crippen LogP contribution >= 0.6 is 0 Å². The van der Waals surface area contributed by atoms with Crippen molar-refractivity contribution in [3.8, 4) is 5.95 Å². The Kier molecular flexibility index (Phi) is 5.75. The van der Waals surface area contributed by atoms with E-state index in [1.54, 1.807) is 19.1 Å². The molecule has 1 saturated heterocycles. The van der Waals surface area contributed by atoms with Gasteiger partial charge in [-0.3, -0.25) is 14.5 Å². The van der Waals surface area contributed by atoms with Gasteiger partial charge in [0.1, 0.15) is 0 Å². The van der Waals surface area contributed by atoms with Crippen LogP contribution in [0.3, 0.4) is 0 Å². The van der Waals surface area contributed by atoms with Gasteiger partial charge in [-0.05, 0) is 26.3 Å². The van der Waals surface area contributed by atoms with Crippen molar-refractivity contribution in [2.45, 2.75) is 38.9 Å². The summed E-state index contributed by atoms with van der Waals surface area (Å²) in [6.07, 6.45) is 0.475. The molecule has 3 rings (SSSR count). The number of aryl methyl sites for hydroxylation is 1. The Balaban J connectivity index is 1.67. The number of likely N-dealkylation sites (tertiary alicyclic amines) is 1. The van der Waals surface area contributed by atoms with Crippen LogP contribution in [0.15, 0.2) is 21.1 Å². The molecule has 27 heavy (non-hydrogen) atoms. The zero-order valence-electron chi connectivity index (χ0n) is 15.5. The Bertz CT molecular complexity index is 801. The summed E-state index contributed by atoms with van der Waals surface area (Å²) >= 11 is 0. The minimum Gasteiger partial charge on any atom is -0.468 e. The normalized spacial score (nSPS) is 19.8. The van der Waals surface area contributed by atoms with E-state index in [0.717, 1.165) is 0 Å². The number of rotatable bonds is 7. The SMILES string of the molecule is CCNC(=O)[C@@H]1C[C@H](NC(=O)c2ccc(OC)o2)CN1Cc1nc(C)no1. The van der Waals surface area contributed by atoms with Gasteiger partial charge in [0.15, 0.2) is 11.6 Å². The van der Waals surface area contributed by atoms with E-state index >= 15 is 0 Å². The molecular weight excluding hydrogens is 354 g/mol. The molecule has 1 fully saturated rings. The van der Waals surface area contributed by atoms with Gasteiger partial charge in [-0.2, -0.15) is 4.98 Å². The number of carbonyl (C=O) groups is 2. The first kappa shape index (κ1) is 18.9. The largest absolute Gasteiger partial charge is 0.468 e. The Hall–Kier alpha value is -2.88. The maximum atomic E-state index is 12.4. The van der Waals surface area contributed by atoms with Crippen LogP contribution in [0.2, 0.25) is 0 Å². The third-order valence-corrected chi connectivity index (χ3v) is 4.31. The fourth-order valence-corrected chi connectivity index (χ4v) is 3.13. The molecule has 0 saturated carbocycles. The number of likely N-dealkylation sites (N-methyl/N-ethyl adjacent to an activating group) is 1. The molecular formula is C17H23N5O5. The number of carbonyl (C=O) groups excluding carboxylic acids is 2. The monoisotopic (exact) mass is 377 g/mol. The molecule has 146 valence electrons. The molecule has 10 nitrogen and oxygen atoms in total. The number of aromatic nitrogens is 2. The fraction of sp³-hybridized carbons (Fsp3) is 0.529. The maximum Gasteiger partial charge on any atom is 0.287 e. The molecule has 2 amide bonds. The van der Waals surface area contributed by atoms with Crippen molar-refractivity contribution in [2.24, 2.45) is 0 Å². The molecule has 2 aromatic heterocycles. The van der Waals surface area contributed by atoms with Crippen molar-refractivity contribution in [1.29, 1.82) is 0 Å². The summed E-state index contributed by atoms with van der Waals surface area (Å²) in [7, 11) is 1.46. The van der Waals surface area contributed by atoms with Crippen molar-refractivity contribution in [1.82, 2.24) is 25.7 Å². The lowest BCUT2D eigenvalue weighted by Crippen LogP contribution is -2.42. The highest BCUT2D eigenvalue weighted by Gasteiger charge is 2.38. The van der Waals surface area contributed by atoms with Crippen molar-refractivity contribution in [3.05, 3.63) is 29.6 Å². The summed E-state index contributed by atoms with van der Waals surface area (Å²) in [6, 6.07) is 2.51. The zero-order chi connectivity index (χ0) is 19.4. The Morgan fingerprint density at radius 3 is 2.85 bits per heavy atom. The average molecular weight is 377 g/mol. The fourth-order valence-electron chi connectivity index (χ4n) is 3.13. The van der Waals surface area contributed by atoms with E-state index in [-0.39, 0.29) is 29.6 Å². The standard InChI is InChI=1S/C17H23N5O5/c1-4-18-16(23)12-7-11(8-22(12)9-14-19-10(2)21-27-14)20-17(24)13-5-6-15(25-3)26-13/h5-6,11-12H,4,7-9H2,1-3H3,(H,18,23)(H,20,24)/t11-,12-/m0/s1. The van der Waals surface area contributed by atoms with Crippen molar-refractivity contribution in [3.63, 3.8) is 0 Å². The summed E-state index contributed by atoms with van der Waals surface area (Å²) in [6.45, 7) is 4.95. The lowest BCUT2D eigenvalue weighted by atomic mass is 10.1. The summed E-state index contributed by atoms with van der Waals surface area (Å²) in [5.74, 6) is 0.950. The number of nitrogens with zero attached hydrogens (tertiary/aromatic N) is 3. The highest BCUT2D eigenvalue weighted by atomic mass is 16.6. The van der Waals surface area contributed by atoms with E-state index in [1.165, 1.54) is 7.11 Å². The molecule has 1 aliphatic heterocycles. The van der Waals surface area contributed by atoms with Crippen LogP contribution in [0.4, 0.5) is 0 Å². The van der Waals surface area contributed by atoms with Gasteiger partial charge in [-0.1, -0.05) is 5.16 Å². The smallest absolute Gasteiger partial charge is 0.287 e. The summed E-state index contributed by atoms with van der Waals surface area (Å²) in [5.41, 5.74) is 0. The van der Waals surface area contributed by atoms with E-state index in [0.29, 0.717) is 37.8 Å². The number of ether oxygens (including phenoxy) is 1. The van der Waals surface area contributed by atoms with E-state index in [9.17, 15) is 9.59 Å². The Morgan fingerprint density at radius 2 is 2.22 bits per heavy atom. The molecule has 0 aliphatic carbocycles. The van der Waals surface area contributed by atoms with Crippen LogP contribution < -0.4 is 15.4 Å². The number of nitrogens with one attached hydrogen (secondary N) is 2. The van der Waals surface area contributed by atoms with Gasteiger partial charge in [0, 0.05) is 25.2 Å². The number of amides is 2. The van der Waals surface area contributed by atoms with Gasteiger partial charge >= 0.3 is 0 Å². The highest BCUT2D eigenvalue weighted by molar-refractivity contribution is 5.92. The van der Waals surface area contributed by atoms with Crippen molar-refractivity contribution in [2.75, 3.05) is 20.2 Å². The van der Waals surface area contributed by atoms with Crippen molar-refractivity contribution >= 4 is 11.8 Å². The molecule has 2 atom stereocenters. The van der Waals surface area contributed by atoms with E-state index in [4.69, 9.17) is 13.7 Å². The Morgan fingerprint density at radius 1 is 1.41 bits per heavy atom. The number of hydrogen-bond acceptors (Lipinski definition) is 8. The molecule has 1 aliphatic rings. The second-order valence-corrected chi connectivity index (χ2v) is 6.30. The first-order valence-electron chi connectivity index (χ1n) is 8.75. The maximum absolute atomic E-state index is 12.4. The van der Waals surface area contributed by atoms with Crippen LogP contribution in [0, 0.1) is 6.92 Å². The van der Waals surface area contributed by atoms with Gasteiger partial charge in [-0.25, -0.2) is 0 Å². The summed E-state index contributed by atoms with van der Waals surface area (Å²) in [4.78, 5) is 30.9. The van der Waals surface area contributed by atoms with Crippen LogP contribution in [-0.4, -0.2) is 59.1 Å². The van der Waals surface area contributed by atoms with Crippen LogP contribution in [-0.2, 0) is 11.3 Å². The van der Waals surface area contributed by atoms with Crippen LogP contribution in [0.1, 0.15) is 35.6 Å². The second kappa shape index (κ2) is 8.21. The molecule has 10 heteroatoms. The van der Waals surface area contributed by atoms with Gasteiger partial charge in [0.05, 0.1) is 19.7 Å². The lowest BCUT2D eigenvalue weighted by molar-refractivity contribution is -0.125. The highest BCUT2D eigenvalue weighted by Crippen LogP contribution is 2.22. The molecule has 0 unspecified atom stereocenters. The average Bonchev–Trinajstić information content (AvgIpc) is 3.35. The van der Waals surface area contributed by atoms with E-state index in [1.807, 2.05) is 11.8 Å². The van der Waals surface area contributed by atoms with E-state index in [2.05, 4.69) is 20.8 Å². The van der Waals surface area contributed by atoms with Crippen molar-refractivity contribution < 1.29 is 23.3 Å². The number of furan rings is 1. The van der Waals surface area contributed by atoms with Crippen LogP contribution in [0.25, 0.3) is 0 Å². The minimum absolute atomic E-state index is 0.0924. The first-order chi connectivity index (χ1) is 13.0. The summed E-state index contributed by atoms with van der Waals surface area (Å²) in [5, 5.41) is 9.51. The molecule has 0 bridgehead atoms. The molecule has 2 aromatic rings. The van der Waals surface area contributed by atoms with E-state index < -0.39 is 6.04 Å².